The van der Waals surface area contributed by atoms with E-state index < -0.39 is 34.8 Å². The first-order valence-electron chi connectivity index (χ1n) is 7.16. The molecule has 0 saturated carbocycles. The third-order valence-electron chi connectivity index (χ3n) is 4.32. The highest BCUT2D eigenvalue weighted by Crippen LogP contribution is 2.38. The summed E-state index contributed by atoms with van der Waals surface area (Å²) in [5.74, 6) is -1.59. The number of hydrogen-bond donors (Lipinski definition) is 3. The number of esters is 1. The lowest BCUT2D eigenvalue weighted by molar-refractivity contribution is -0.194. The van der Waals surface area contributed by atoms with Crippen molar-refractivity contribution >= 4 is 16.9 Å². The molecule has 0 amide bonds. The van der Waals surface area contributed by atoms with Gasteiger partial charge in [0.15, 0.2) is 0 Å². The van der Waals surface area contributed by atoms with Crippen molar-refractivity contribution in [1.29, 1.82) is 0 Å². The van der Waals surface area contributed by atoms with E-state index >= 15 is 0 Å². The van der Waals surface area contributed by atoms with Crippen molar-refractivity contribution in [3.63, 3.8) is 0 Å². The molecule has 128 valence electrons. The average molecular weight is 336 g/mol. The van der Waals surface area contributed by atoms with E-state index in [9.17, 15) is 24.9 Å². The van der Waals surface area contributed by atoms with E-state index in [1.165, 1.54) is 25.3 Å². The van der Waals surface area contributed by atoms with Gasteiger partial charge in [-0.25, -0.2) is 4.79 Å². The Morgan fingerprint density at radius 1 is 1.38 bits per heavy atom. The number of aliphatic hydroxyl groups is 2. The molecule has 0 fully saturated rings. The molecule has 1 aliphatic rings. The maximum atomic E-state index is 12.8. The number of methoxy groups -OCH3 is 2. The van der Waals surface area contributed by atoms with Gasteiger partial charge in [-0.15, -0.1) is 0 Å². The zero-order valence-corrected chi connectivity index (χ0v) is 13.0. The lowest BCUT2D eigenvalue weighted by Crippen LogP contribution is -2.59. The second-order valence-electron chi connectivity index (χ2n) is 5.56. The largest absolute Gasteiger partial charge is 0.507 e. The summed E-state index contributed by atoms with van der Waals surface area (Å²) >= 11 is 0. The summed E-state index contributed by atoms with van der Waals surface area (Å²) in [6, 6.07) is 4.24. The minimum atomic E-state index is -2.67. The summed E-state index contributed by atoms with van der Waals surface area (Å²) in [7, 11) is 2.31. The number of phenolic OH excluding ortho intramolecular Hbond substituents is 1. The zero-order valence-electron chi connectivity index (χ0n) is 13.0. The van der Waals surface area contributed by atoms with Crippen molar-refractivity contribution in [3.05, 3.63) is 39.7 Å². The van der Waals surface area contributed by atoms with Crippen LogP contribution in [0.25, 0.3) is 11.0 Å². The molecule has 0 spiro atoms. The molecule has 3 unspecified atom stereocenters. The molecule has 0 saturated heterocycles. The van der Waals surface area contributed by atoms with E-state index in [-0.39, 0.29) is 28.9 Å². The third-order valence-corrected chi connectivity index (χ3v) is 4.32. The summed E-state index contributed by atoms with van der Waals surface area (Å²) in [5.41, 5.74) is -3.84. The van der Waals surface area contributed by atoms with Gasteiger partial charge in [-0.2, -0.15) is 0 Å². The number of rotatable bonds is 2. The Balaban J connectivity index is 2.42. The lowest BCUT2D eigenvalue weighted by atomic mass is 9.77. The maximum Gasteiger partial charge on any atom is 0.345 e. The number of aliphatic hydroxyl groups excluding tert-OH is 1. The molecule has 0 bridgehead atoms. The van der Waals surface area contributed by atoms with Crippen LogP contribution >= 0.6 is 0 Å². The van der Waals surface area contributed by atoms with Crippen LogP contribution in [0, 0.1) is 0 Å². The van der Waals surface area contributed by atoms with Crippen molar-refractivity contribution in [2.75, 3.05) is 14.2 Å². The second-order valence-corrected chi connectivity index (χ2v) is 5.56. The van der Waals surface area contributed by atoms with Crippen LogP contribution in [-0.2, 0) is 26.3 Å². The fourth-order valence-electron chi connectivity index (χ4n) is 3.10. The van der Waals surface area contributed by atoms with Crippen LogP contribution in [0.2, 0.25) is 0 Å². The van der Waals surface area contributed by atoms with Crippen LogP contribution in [0.1, 0.15) is 11.3 Å². The van der Waals surface area contributed by atoms with Crippen molar-refractivity contribution in [1.82, 2.24) is 0 Å². The summed E-state index contributed by atoms with van der Waals surface area (Å²) in [4.78, 5) is 25.0. The Morgan fingerprint density at radius 2 is 2.08 bits per heavy atom. The number of benzene rings is 1. The Labute approximate surface area is 135 Å². The number of fused-ring (bicyclic) bond motifs is 2. The van der Waals surface area contributed by atoms with E-state index in [0.717, 1.165) is 7.11 Å². The van der Waals surface area contributed by atoms with Gasteiger partial charge in [-0.05, 0) is 12.1 Å². The normalized spacial score (nSPS) is 26.2. The molecule has 0 aliphatic heterocycles. The molecule has 3 rings (SSSR count). The van der Waals surface area contributed by atoms with E-state index in [0.29, 0.717) is 0 Å². The van der Waals surface area contributed by atoms with Gasteiger partial charge >= 0.3 is 5.97 Å². The summed E-state index contributed by atoms with van der Waals surface area (Å²) in [6.45, 7) is 0. The van der Waals surface area contributed by atoms with Gasteiger partial charge < -0.3 is 29.2 Å². The highest BCUT2D eigenvalue weighted by atomic mass is 16.5. The van der Waals surface area contributed by atoms with Crippen molar-refractivity contribution in [2.24, 2.45) is 0 Å². The number of carbonyl (C=O) groups is 1. The van der Waals surface area contributed by atoms with Crippen LogP contribution in [-0.4, -0.2) is 47.7 Å². The topological polar surface area (TPSA) is 126 Å². The van der Waals surface area contributed by atoms with E-state index in [1.807, 2.05) is 0 Å². The maximum absolute atomic E-state index is 12.8. The van der Waals surface area contributed by atoms with Gasteiger partial charge in [0, 0.05) is 13.5 Å². The van der Waals surface area contributed by atoms with Gasteiger partial charge in [-0.1, -0.05) is 6.07 Å². The fourth-order valence-corrected chi connectivity index (χ4v) is 3.10. The second kappa shape index (κ2) is 5.59. The predicted molar refractivity (Wildman–Crippen MR) is 80.6 cm³/mol. The van der Waals surface area contributed by atoms with Crippen molar-refractivity contribution in [2.45, 2.75) is 24.2 Å². The quantitative estimate of drug-likeness (QED) is 0.643. The Bertz CT molecular complexity index is 870. The number of carbonyl (C=O) groups excluding carboxylic acids is 1. The van der Waals surface area contributed by atoms with Gasteiger partial charge in [0.2, 0.25) is 11.0 Å². The monoisotopic (exact) mass is 336 g/mol. The highest BCUT2D eigenvalue weighted by molar-refractivity contribution is 5.88. The first kappa shape index (κ1) is 16.4. The molecule has 1 aliphatic carbocycles. The SMILES string of the molecule is COC(=O)C1(O)c2c(oc3cccc(O)c3c2=O)CC(OC)C1O. The third kappa shape index (κ3) is 2.04. The first-order chi connectivity index (χ1) is 11.4. The number of ether oxygens (including phenoxy) is 2. The van der Waals surface area contributed by atoms with Crippen LogP contribution in [0.5, 0.6) is 5.75 Å². The molecule has 1 aromatic heterocycles. The minimum absolute atomic E-state index is 0.0110. The molecule has 2 aromatic rings. The summed E-state index contributed by atoms with van der Waals surface area (Å²) < 4.78 is 15.3. The standard InChI is InChI=1S/C16H16O8/c1-22-10-6-9-12(16(21,14(10)19)15(20)23-2)13(18)11-7(17)4-3-5-8(11)24-9/h3-5,10,14,17,19,21H,6H2,1-2H3. The first-order valence-corrected chi connectivity index (χ1v) is 7.16. The lowest BCUT2D eigenvalue weighted by Gasteiger charge is -2.38. The van der Waals surface area contributed by atoms with Crippen LogP contribution in [0.4, 0.5) is 0 Å². The van der Waals surface area contributed by atoms with Gasteiger partial charge in [0.1, 0.15) is 28.6 Å². The van der Waals surface area contributed by atoms with Crippen LogP contribution in [0.3, 0.4) is 0 Å². The zero-order chi connectivity index (χ0) is 17.6. The highest BCUT2D eigenvalue weighted by Gasteiger charge is 2.56. The Kier molecular flexibility index (Phi) is 3.83. The van der Waals surface area contributed by atoms with E-state index in [1.54, 1.807) is 0 Å². The summed E-state index contributed by atoms with van der Waals surface area (Å²) in [5, 5.41) is 31.0. The molecular weight excluding hydrogens is 320 g/mol. The number of phenols is 1. The molecule has 24 heavy (non-hydrogen) atoms. The molecular formula is C16H16O8. The molecule has 3 N–H and O–H groups in total. The van der Waals surface area contributed by atoms with E-state index in [2.05, 4.69) is 4.74 Å². The molecule has 1 aromatic carbocycles. The molecule has 3 atom stereocenters. The predicted octanol–water partition coefficient (Wildman–Crippen LogP) is -0.209. The Morgan fingerprint density at radius 3 is 2.71 bits per heavy atom. The van der Waals surface area contributed by atoms with E-state index in [4.69, 9.17) is 9.15 Å². The number of aromatic hydroxyl groups is 1. The molecule has 8 heteroatoms. The summed E-state index contributed by atoms with van der Waals surface area (Å²) in [6.07, 6.45) is -2.76. The van der Waals surface area contributed by atoms with Crippen LogP contribution in [0.15, 0.2) is 27.4 Å². The average Bonchev–Trinajstić information content (AvgIpc) is 2.56. The Hall–Kier alpha value is -2.42. The van der Waals surface area contributed by atoms with Crippen molar-refractivity contribution in [3.8, 4) is 5.75 Å². The minimum Gasteiger partial charge on any atom is -0.507 e. The molecule has 8 nitrogen and oxygen atoms in total. The smallest absolute Gasteiger partial charge is 0.345 e. The van der Waals surface area contributed by atoms with Crippen molar-refractivity contribution < 1.29 is 34.0 Å². The van der Waals surface area contributed by atoms with Gasteiger partial charge in [0.05, 0.1) is 18.8 Å². The van der Waals surface area contributed by atoms with Crippen LogP contribution < -0.4 is 5.43 Å². The molecule has 0 radical (unpaired) electrons. The van der Waals surface area contributed by atoms with Gasteiger partial charge in [0.25, 0.3) is 0 Å². The number of hydrogen-bond acceptors (Lipinski definition) is 8. The van der Waals surface area contributed by atoms with Gasteiger partial charge in [-0.3, -0.25) is 4.79 Å². The fraction of sp³-hybridized carbons (Fsp3) is 0.375. The molecule has 1 heterocycles.